The van der Waals surface area contributed by atoms with Crippen molar-refractivity contribution in [2.75, 3.05) is 13.2 Å². The summed E-state index contributed by atoms with van der Waals surface area (Å²) < 4.78 is 15.3. The van der Waals surface area contributed by atoms with Crippen molar-refractivity contribution in [2.24, 2.45) is 0 Å². The Morgan fingerprint density at radius 2 is 1.25 bits per heavy atom. The Bertz CT molecular complexity index is 379. The first-order chi connectivity index (χ1) is 10.8. The third-order valence-electron chi connectivity index (χ3n) is 3.98. The number of ether oxygens (including phenoxy) is 3. The lowest BCUT2D eigenvalue weighted by Crippen LogP contribution is -2.64. The van der Waals surface area contributed by atoms with Crippen LogP contribution < -0.4 is 0 Å². The second kappa shape index (κ2) is 8.75. The average Bonchev–Trinajstić information content (AvgIpc) is 2.55. The van der Waals surface area contributed by atoms with Crippen LogP contribution >= 0.6 is 0 Å². The van der Waals surface area contributed by atoms with Crippen molar-refractivity contribution in [1.29, 1.82) is 0 Å². The number of rotatable bonds is 4. The summed E-state index contributed by atoms with van der Waals surface area (Å²) in [5.74, 6) is 0. The molecule has 0 spiro atoms. The Labute approximate surface area is 136 Å². The molecule has 2 heterocycles. The van der Waals surface area contributed by atoms with Crippen molar-refractivity contribution in [3.05, 3.63) is 0 Å². The molecule has 0 amide bonds. The number of aliphatic hydroxyl groups excluding tert-OH is 8. The summed E-state index contributed by atoms with van der Waals surface area (Å²) in [5, 5.41) is 76.5. The molecule has 10 atom stereocenters. The lowest BCUT2D eigenvalue weighted by molar-refractivity contribution is -0.355. The van der Waals surface area contributed by atoms with Crippen LogP contribution in [0.5, 0.6) is 0 Å². The third kappa shape index (κ3) is 4.01. The fourth-order valence-corrected chi connectivity index (χ4v) is 2.57. The van der Waals surface area contributed by atoms with E-state index in [2.05, 4.69) is 0 Å². The minimum Gasteiger partial charge on any atom is -0.412 e. The fraction of sp³-hybridized carbons (Fsp3) is 1.00. The average molecular weight is 360 g/mol. The summed E-state index contributed by atoms with van der Waals surface area (Å²) in [6, 6.07) is 0. The molecule has 144 valence electrons. The molecule has 2 fully saturated rings. The van der Waals surface area contributed by atoms with Gasteiger partial charge in [0.25, 0.3) is 0 Å². The SMILES string of the molecule is O.OC[C@H]1O[C@H](O[C@H]2[C@H](O)[C@@H](O)[C@@H](O)O[C@@H]2CO)[C@H](O)[C@@H](O)[C@@H]1O. The van der Waals surface area contributed by atoms with Gasteiger partial charge < -0.3 is 60.5 Å². The Balaban J connectivity index is 0.00000288. The molecule has 10 N–H and O–H groups in total. The molecule has 2 saturated heterocycles. The second-order valence-corrected chi connectivity index (χ2v) is 5.53. The highest BCUT2D eigenvalue weighted by Crippen LogP contribution is 2.28. The minimum absolute atomic E-state index is 0. The minimum atomic E-state index is -1.74. The van der Waals surface area contributed by atoms with Crippen molar-refractivity contribution in [3.63, 3.8) is 0 Å². The van der Waals surface area contributed by atoms with Gasteiger partial charge in [-0.15, -0.1) is 0 Å². The van der Waals surface area contributed by atoms with E-state index < -0.39 is 74.6 Å². The van der Waals surface area contributed by atoms with Gasteiger partial charge in [-0.05, 0) is 0 Å². The van der Waals surface area contributed by atoms with Gasteiger partial charge >= 0.3 is 0 Å². The van der Waals surface area contributed by atoms with E-state index >= 15 is 0 Å². The lowest BCUT2D eigenvalue weighted by Gasteiger charge is -2.45. The maximum atomic E-state index is 9.94. The maximum absolute atomic E-state index is 9.94. The fourth-order valence-electron chi connectivity index (χ4n) is 2.57. The molecule has 0 aromatic rings. The molecule has 0 bridgehead atoms. The van der Waals surface area contributed by atoms with E-state index in [1.807, 2.05) is 0 Å². The van der Waals surface area contributed by atoms with Crippen LogP contribution in [0.25, 0.3) is 0 Å². The number of aliphatic hydroxyl groups is 8. The van der Waals surface area contributed by atoms with E-state index in [1.54, 1.807) is 0 Å². The molecule has 2 aliphatic rings. The molecule has 0 aromatic heterocycles. The van der Waals surface area contributed by atoms with Crippen molar-refractivity contribution in [2.45, 2.75) is 61.4 Å². The van der Waals surface area contributed by atoms with Crippen LogP contribution in [-0.2, 0) is 14.2 Å². The summed E-state index contributed by atoms with van der Waals surface area (Å²) in [6.07, 6.45) is -15.6. The first kappa shape index (κ1) is 21.6. The van der Waals surface area contributed by atoms with Gasteiger partial charge in [0.1, 0.15) is 48.8 Å². The van der Waals surface area contributed by atoms with Crippen LogP contribution in [0.2, 0.25) is 0 Å². The maximum Gasteiger partial charge on any atom is 0.187 e. The standard InChI is InChI=1S/C12H22O11.H2O/c13-1-3-5(15)6(16)9(19)12(22-3)23-10-4(2-14)21-11(20)8(18)7(10)17;/h3-20H,1-2H2;1H2/t3-,4-,5-,6+,7-,8-,9-,10-,11+,12-;/m1./s1. The molecular weight excluding hydrogens is 336 g/mol. The summed E-state index contributed by atoms with van der Waals surface area (Å²) in [6.45, 7) is -1.35. The van der Waals surface area contributed by atoms with E-state index in [1.165, 1.54) is 0 Å². The van der Waals surface area contributed by atoms with Crippen molar-refractivity contribution in [1.82, 2.24) is 0 Å². The molecule has 12 nitrogen and oxygen atoms in total. The molecule has 0 unspecified atom stereocenters. The van der Waals surface area contributed by atoms with Gasteiger partial charge in [0.2, 0.25) is 0 Å². The zero-order chi connectivity index (χ0) is 17.3. The first-order valence-corrected chi connectivity index (χ1v) is 7.08. The second-order valence-electron chi connectivity index (χ2n) is 5.53. The van der Waals surface area contributed by atoms with Gasteiger partial charge in [0, 0.05) is 0 Å². The van der Waals surface area contributed by atoms with E-state index in [9.17, 15) is 35.7 Å². The Morgan fingerprint density at radius 1 is 0.667 bits per heavy atom. The zero-order valence-corrected chi connectivity index (χ0v) is 12.5. The van der Waals surface area contributed by atoms with Crippen LogP contribution in [0, 0.1) is 0 Å². The Hall–Kier alpha value is -0.480. The predicted octanol–water partition coefficient (Wildman–Crippen LogP) is -6.22. The normalized spacial score (nSPS) is 49.5. The van der Waals surface area contributed by atoms with Gasteiger partial charge in [-0.1, -0.05) is 0 Å². The Kier molecular flexibility index (Phi) is 7.86. The molecule has 0 radical (unpaired) electrons. The van der Waals surface area contributed by atoms with Crippen molar-refractivity contribution < 1.29 is 60.5 Å². The van der Waals surface area contributed by atoms with E-state index in [4.69, 9.17) is 19.3 Å². The molecule has 24 heavy (non-hydrogen) atoms. The van der Waals surface area contributed by atoms with Gasteiger partial charge in [-0.2, -0.15) is 0 Å². The number of hydrogen-bond acceptors (Lipinski definition) is 11. The highest BCUT2D eigenvalue weighted by Gasteiger charge is 2.50. The lowest BCUT2D eigenvalue weighted by atomic mass is 9.97. The predicted molar refractivity (Wildman–Crippen MR) is 72.2 cm³/mol. The molecule has 0 aromatic carbocycles. The summed E-state index contributed by atoms with van der Waals surface area (Å²) in [5.41, 5.74) is 0. The van der Waals surface area contributed by atoms with E-state index in [0.717, 1.165) is 0 Å². The van der Waals surface area contributed by atoms with Gasteiger partial charge in [0.15, 0.2) is 12.6 Å². The van der Waals surface area contributed by atoms with E-state index in [-0.39, 0.29) is 5.48 Å². The zero-order valence-electron chi connectivity index (χ0n) is 12.5. The van der Waals surface area contributed by atoms with Gasteiger partial charge in [0.05, 0.1) is 13.2 Å². The summed E-state index contributed by atoms with van der Waals surface area (Å²) in [7, 11) is 0. The Morgan fingerprint density at radius 3 is 1.79 bits per heavy atom. The van der Waals surface area contributed by atoms with Crippen LogP contribution in [0.1, 0.15) is 0 Å². The number of hydrogen-bond donors (Lipinski definition) is 8. The van der Waals surface area contributed by atoms with Gasteiger partial charge in [-0.25, -0.2) is 0 Å². The largest absolute Gasteiger partial charge is 0.412 e. The third-order valence-corrected chi connectivity index (χ3v) is 3.98. The van der Waals surface area contributed by atoms with E-state index in [0.29, 0.717) is 0 Å². The highest BCUT2D eigenvalue weighted by atomic mass is 16.7. The quantitative estimate of drug-likeness (QED) is 0.235. The monoisotopic (exact) mass is 360 g/mol. The van der Waals surface area contributed by atoms with Crippen LogP contribution in [0.3, 0.4) is 0 Å². The topological polar surface area (TPSA) is 221 Å². The first-order valence-electron chi connectivity index (χ1n) is 7.08. The van der Waals surface area contributed by atoms with Gasteiger partial charge in [-0.3, -0.25) is 0 Å². The molecular formula is C12H24O12. The summed E-state index contributed by atoms with van der Waals surface area (Å²) >= 11 is 0. The molecule has 0 aliphatic carbocycles. The molecule has 12 heteroatoms. The molecule has 2 aliphatic heterocycles. The van der Waals surface area contributed by atoms with Crippen LogP contribution in [0.4, 0.5) is 0 Å². The molecule has 0 saturated carbocycles. The smallest absolute Gasteiger partial charge is 0.187 e. The molecule has 2 rings (SSSR count). The summed E-state index contributed by atoms with van der Waals surface area (Å²) in [4.78, 5) is 0. The van der Waals surface area contributed by atoms with Crippen molar-refractivity contribution in [3.8, 4) is 0 Å². The van der Waals surface area contributed by atoms with Crippen LogP contribution in [-0.4, -0.2) is 121 Å². The highest BCUT2D eigenvalue weighted by molar-refractivity contribution is 4.93. The van der Waals surface area contributed by atoms with Crippen molar-refractivity contribution >= 4 is 0 Å². The van der Waals surface area contributed by atoms with Crippen LogP contribution in [0.15, 0.2) is 0 Å².